The van der Waals surface area contributed by atoms with Crippen LogP contribution in [0.2, 0.25) is 0 Å². The van der Waals surface area contributed by atoms with Crippen LogP contribution in [0.1, 0.15) is 18.0 Å². The number of benzene rings is 1. The van der Waals surface area contributed by atoms with Gasteiger partial charge in [-0.15, -0.1) is 0 Å². The molecule has 0 aliphatic carbocycles. The summed E-state index contributed by atoms with van der Waals surface area (Å²) in [6.07, 6.45) is -0.0388. The van der Waals surface area contributed by atoms with Gasteiger partial charge in [0.05, 0.1) is 6.10 Å². The molecule has 2 atom stereocenters. The topological polar surface area (TPSA) is 32.3 Å². The van der Waals surface area contributed by atoms with Crippen LogP contribution in [0.25, 0.3) is 0 Å². The molecule has 76 valence electrons. The van der Waals surface area contributed by atoms with Crippen molar-refractivity contribution in [2.75, 3.05) is 6.54 Å². The van der Waals surface area contributed by atoms with Crippen LogP contribution >= 0.6 is 0 Å². The smallest absolute Gasteiger partial charge is 0.128 e. The maximum Gasteiger partial charge on any atom is 0.128 e. The predicted molar refractivity (Wildman–Crippen MR) is 47.7 cm³/mol. The Bertz CT molecular complexity index is 343. The maximum absolute atomic E-state index is 13.3. The summed E-state index contributed by atoms with van der Waals surface area (Å²) in [5.41, 5.74) is 0.293. The molecule has 2 nitrogen and oxygen atoms in total. The lowest BCUT2D eigenvalue weighted by Crippen LogP contribution is -2.15. The molecule has 0 unspecified atom stereocenters. The Kier molecular flexibility index (Phi) is 2.48. The van der Waals surface area contributed by atoms with E-state index in [0.717, 1.165) is 12.1 Å². The van der Waals surface area contributed by atoms with E-state index in [0.29, 0.717) is 18.5 Å². The second-order valence-corrected chi connectivity index (χ2v) is 3.52. The fourth-order valence-electron chi connectivity index (χ4n) is 1.74. The fraction of sp³-hybridized carbons (Fsp3) is 0.400. The lowest BCUT2D eigenvalue weighted by Gasteiger charge is -2.11. The lowest BCUT2D eigenvalue weighted by molar-refractivity contribution is 0.193. The first-order chi connectivity index (χ1) is 6.66. The Morgan fingerprint density at radius 2 is 2.14 bits per heavy atom. The molecule has 0 amide bonds. The van der Waals surface area contributed by atoms with Crippen molar-refractivity contribution in [1.29, 1.82) is 0 Å². The third kappa shape index (κ3) is 1.76. The zero-order valence-corrected chi connectivity index (χ0v) is 7.50. The number of β-amino-alcohol motifs (C(OH)–C–C–N with tert-alkyl or cyclic N) is 1. The first kappa shape index (κ1) is 9.55. The number of aliphatic hydroxyl groups is 1. The summed E-state index contributed by atoms with van der Waals surface area (Å²) in [4.78, 5) is 0. The fourth-order valence-corrected chi connectivity index (χ4v) is 1.74. The minimum atomic E-state index is -0.470. The molecule has 0 radical (unpaired) electrons. The van der Waals surface area contributed by atoms with Crippen LogP contribution in [0.5, 0.6) is 0 Å². The first-order valence-electron chi connectivity index (χ1n) is 4.53. The molecule has 1 aromatic rings. The van der Waals surface area contributed by atoms with E-state index >= 15 is 0 Å². The van der Waals surface area contributed by atoms with Gasteiger partial charge in [0.1, 0.15) is 11.6 Å². The van der Waals surface area contributed by atoms with Crippen molar-refractivity contribution in [3.63, 3.8) is 0 Å². The molecule has 0 aromatic heterocycles. The second-order valence-electron chi connectivity index (χ2n) is 3.52. The Hall–Kier alpha value is -1.00. The zero-order chi connectivity index (χ0) is 10.1. The Morgan fingerprint density at radius 1 is 1.36 bits per heavy atom. The summed E-state index contributed by atoms with van der Waals surface area (Å²) >= 11 is 0. The maximum atomic E-state index is 13.3. The van der Waals surface area contributed by atoms with Crippen molar-refractivity contribution in [2.45, 2.75) is 18.6 Å². The van der Waals surface area contributed by atoms with Crippen molar-refractivity contribution in [3.05, 3.63) is 35.4 Å². The Labute approximate surface area is 80.6 Å². The van der Waals surface area contributed by atoms with Gasteiger partial charge < -0.3 is 10.4 Å². The molecule has 1 heterocycles. The van der Waals surface area contributed by atoms with Gasteiger partial charge in [-0.1, -0.05) is 0 Å². The van der Waals surface area contributed by atoms with Crippen LogP contribution in [0.3, 0.4) is 0 Å². The van der Waals surface area contributed by atoms with Gasteiger partial charge in [0.2, 0.25) is 0 Å². The van der Waals surface area contributed by atoms with Crippen molar-refractivity contribution in [3.8, 4) is 0 Å². The minimum Gasteiger partial charge on any atom is -0.392 e. The number of rotatable bonds is 1. The highest BCUT2D eigenvalue weighted by Crippen LogP contribution is 2.25. The van der Waals surface area contributed by atoms with Gasteiger partial charge in [0.25, 0.3) is 0 Å². The molecule has 0 spiro atoms. The summed E-state index contributed by atoms with van der Waals surface area (Å²) in [5.74, 6) is -0.886. The first-order valence-corrected chi connectivity index (χ1v) is 4.53. The van der Waals surface area contributed by atoms with E-state index in [-0.39, 0.29) is 6.04 Å². The minimum absolute atomic E-state index is 0.277. The van der Waals surface area contributed by atoms with Crippen LogP contribution in [0.15, 0.2) is 18.2 Å². The van der Waals surface area contributed by atoms with E-state index in [1.54, 1.807) is 0 Å². The average molecular weight is 199 g/mol. The Morgan fingerprint density at radius 3 is 2.79 bits per heavy atom. The highest BCUT2D eigenvalue weighted by molar-refractivity contribution is 5.23. The summed E-state index contributed by atoms with van der Waals surface area (Å²) < 4.78 is 26.1. The highest BCUT2D eigenvalue weighted by Gasteiger charge is 2.25. The largest absolute Gasteiger partial charge is 0.392 e. The Balaban J connectivity index is 2.27. The van der Waals surface area contributed by atoms with Crippen LogP contribution in [-0.4, -0.2) is 17.8 Å². The van der Waals surface area contributed by atoms with Gasteiger partial charge in [-0.25, -0.2) is 8.78 Å². The van der Waals surface area contributed by atoms with Crippen molar-refractivity contribution >= 4 is 0 Å². The van der Waals surface area contributed by atoms with Gasteiger partial charge >= 0.3 is 0 Å². The van der Waals surface area contributed by atoms with Crippen molar-refractivity contribution < 1.29 is 13.9 Å². The van der Waals surface area contributed by atoms with Gasteiger partial charge in [-0.05, 0) is 24.6 Å². The number of nitrogens with one attached hydrogen (secondary N) is 1. The van der Waals surface area contributed by atoms with E-state index in [4.69, 9.17) is 0 Å². The molecular formula is C10H11F2NO. The quantitative estimate of drug-likeness (QED) is 0.715. The second kappa shape index (κ2) is 3.63. The summed E-state index contributed by atoms with van der Waals surface area (Å²) in [7, 11) is 0. The van der Waals surface area contributed by atoms with E-state index in [1.165, 1.54) is 6.07 Å². The monoisotopic (exact) mass is 199 g/mol. The van der Waals surface area contributed by atoms with Crippen molar-refractivity contribution in [1.82, 2.24) is 5.32 Å². The molecule has 14 heavy (non-hydrogen) atoms. The van der Waals surface area contributed by atoms with E-state index in [9.17, 15) is 13.9 Å². The average Bonchev–Trinajstić information content (AvgIpc) is 2.56. The van der Waals surface area contributed by atoms with Gasteiger partial charge in [0, 0.05) is 18.2 Å². The lowest BCUT2D eigenvalue weighted by atomic mass is 10.0. The molecular weight excluding hydrogens is 188 g/mol. The number of halogens is 2. The SMILES string of the molecule is O[C@@H]1CN[C@@H](c2cc(F)ccc2F)C1. The number of hydrogen-bond acceptors (Lipinski definition) is 2. The third-order valence-corrected chi connectivity index (χ3v) is 2.44. The zero-order valence-electron chi connectivity index (χ0n) is 7.50. The highest BCUT2D eigenvalue weighted by atomic mass is 19.1. The van der Waals surface area contributed by atoms with Gasteiger partial charge in [-0.3, -0.25) is 0 Å². The summed E-state index contributed by atoms with van der Waals surface area (Å²) in [6, 6.07) is 3.09. The van der Waals surface area contributed by atoms with Crippen LogP contribution in [-0.2, 0) is 0 Å². The van der Waals surface area contributed by atoms with E-state index in [2.05, 4.69) is 5.32 Å². The molecule has 0 bridgehead atoms. The number of hydrogen-bond donors (Lipinski definition) is 2. The molecule has 2 rings (SSSR count). The summed E-state index contributed by atoms with van der Waals surface area (Å²) in [5, 5.41) is 12.2. The molecule has 4 heteroatoms. The molecule has 2 N–H and O–H groups in total. The molecule has 0 saturated carbocycles. The molecule has 1 aliphatic rings. The van der Waals surface area contributed by atoms with Gasteiger partial charge in [-0.2, -0.15) is 0 Å². The van der Waals surface area contributed by atoms with Crippen LogP contribution in [0.4, 0.5) is 8.78 Å². The summed E-state index contributed by atoms with van der Waals surface area (Å²) in [6.45, 7) is 0.431. The van der Waals surface area contributed by atoms with E-state index < -0.39 is 17.7 Å². The van der Waals surface area contributed by atoms with Crippen molar-refractivity contribution in [2.24, 2.45) is 0 Å². The third-order valence-electron chi connectivity index (χ3n) is 2.44. The van der Waals surface area contributed by atoms with Crippen LogP contribution in [0, 0.1) is 11.6 Å². The molecule has 1 fully saturated rings. The number of aliphatic hydroxyl groups excluding tert-OH is 1. The molecule has 1 saturated heterocycles. The standard InChI is InChI=1S/C10H11F2NO/c11-6-1-2-9(12)8(3-6)10-4-7(14)5-13-10/h1-3,7,10,13-14H,4-5H2/t7-,10+/m0/s1. The van der Waals surface area contributed by atoms with Gasteiger partial charge in [0.15, 0.2) is 0 Å². The normalized spacial score (nSPS) is 26.8. The molecule has 1 aliphatic heterocycles. The molecule has 1 aromatic carbocycles. The van der Waals surface area contributed by atoms with Crippen LogP contribution < -0.4 is 5.32 Å². The van der Waals surface area contributed by atoms with E-state index in [1.807, 2.05) is 0 Å². The predicted octanol–water partition coefficient (Wildman–Crippen LogP) is 1.36.